The van der Waals surface area contributed by atoms with E-state index in [1.165, 1.54) is 23.6 Å². The lowest BCUT2D eigenvalue weighted by Gasteiger charge is -2.02. The molecular formula is C22H15FN2S. The molecule has 2 nitrogen and oxygen atoms in total. The minimum absolute atomic E-state index is 0.292. The highest BCUT2D eigenvalue weighted by Crippen LogP contribution is 2.39. The number of aromatic nitrogens is 1. The van der Waals surface area contributed by atoms with Crippen LogP contribution in [0.3, 0.4) is 0 Å². The minimum atomic E-state index is -0.292. The second-order valence-electron chi connectivity index (χ2n) is 5.69. The zero-order chi connectivity index (χ0) is 17.8. The highest BCUT2D eigenvalue weighted by molar-refractivity contribution is 7.19. The van der Waals surface area contributed by atoms with Gasteiger partial charge in [0.25, 0.3) is 0 Å². The molecule has 0 atom stereocenters. The van der Waals surface area contributed by atoms with E-state index in [4.69, 9.17) is 4.98 Å². The van der Waals surface area contributed by atoms with Gasteiger partial charge in [-0.15, -0.1) is 0 Å². The lowest BCUT2D eigenvalue weighted by Crippen LogP contribution is -1.85. The third-order valence-electron chi connectivity index (χ3n) is 3.92. The Morgan fingerprint density at radius 2 is 1.38 bits per heavy atom. The third-order valence-corrected chi connectivity index (χ3v) is 4.93. The summed E-state index contributed by atoms with van der Waals surface area (Å²) >= 11 is 1.50. The molecule has 0 radical (unpaired) electrons. The normalized spacial score (nSPS) is 11.1. The van der Waals surface area contributed by atoms with Gasteiger partial charge in [-0.05, 0) is 11.6 Å². The number of hydrogen-bond donors (Lipinski definition) is 0. The van der Waals surface area contributed by atoms with Gasteiger partial charge in [0.2, 0.25) is 5.13 Å². The molecule has 0 bridgehead atoms. The van der Waals surface area contributed by atoms with E-state index in [9.17, 15) is 4.39 Å². The molecule has 4 aromatic rings. The Hall–Kier alpha value is -3.11. The number of thiazole rings is 1. The first-order chi connectivity index (χ1) is 12.8. The highest BCUT2D eigenvalue weighted by atomic mass is 32.1. The molecule has 126 valence electrons. The SMILES string of the molecule is Fc1ccccc1C=Nc1nc(-c2ccccc2)c(-c2ccccc2)s1. The lowest BCUT2D eigenvalue weighted by molar-refractivity contribution is 0.626. The molecule has 1 heterocycles. The van der Waals surface area contributed by atoms with E-state index < -0.39 is 0 Å². The fraction of sp³-hybridized carbons (Fsp3) is 0. The monoisotopic (exact) mass is 358 g/mol. The number of benzene rings is 3. The van der Waals surface area contributed by atoms with Gasteiger partial charge < -0.3 is 0 Å². The van der Waals surface area contributed by atoms with Gasteiger partial charge in [0.05, 0.1) is 10.6 Å². The Morgan fingerprint density at radius 1 is 0.769 bits per heavy atom. The van der Waals surface area contributed by atoms with Gasteiger partial charge in [-0.25, -0.2) is 14.4 Å². The van der Waals surface area contributed by atoms with Crippen molar-refractivity contribution in [3.63, 3.8) is 0 Å². The standard InChI is InChI=1S/C22H15FN2S/c23-19-14-8-7-13-18(19)15-24-22-25-20(16-9-3-1-4-10-16)21(26-22)17-11-5-2-6-12-17/h1-15H. The first-order valence-electron chi connectivity index (χ1n) is 8.21. The van der Waals surface area contributed by atoms with Gasteiger partial charge in [0.15, 0.2) is 0 Å². The van der Waals surface area contributed by atoms with Crippen LogP contribution in [0.1, 0.15) is 5.56 Å². The van der Waals surface area contributed by atoms with Gasteiger partial charge >= 0.3 is 0 Å². The molecule has 4 rings (SSSR count). The lowest BCUT2D eigenvalue weighted by atomic mass is 10.1. The van der Waals surface area contributed by atoms with Crippen molar-refractivity contribution in [1.82, 2.24) is 4.98 Å². The molecule has 0 saturated heterocycles. The van der Waals surface area contributed by atoms with Crippen LogP contribution in [0.15, 0.2) is 89.9 Å². The van der Waals surface area contributed by atoms with Crippen LogP contribution >= 0.6 is 11.3 Å². The molecule has 0 amide bonds. The van der Waals surface area contributed by atoms with Crippen molar-refractivity contribution in [3.8, 4) is 21.7 Å². The first kappa shape index (κ1) is 16.4. The summed E-state index contributed by atoms with van der Waals surface area (Å²) < 4.78 is 13.8. The van der Waals surface area contributed by atoms with Crippen molar-refractivity contribution >= 4 is 22.7 Å². The summed E-state index contributed by atoms with van der Waals surface area (Å²) in [7, 11) is 0. The predicted molar refractivity (Wildman–Crippen MR) is 107 cm³/mol. The van der Waals surface area contributed by atoms with Crippen LogP contribution in [0.25, 0.3) is 21.7 Å². The predicted octanol–water partition coefficient (Wildman–Crippen LogP) is 6.37. The molecular weight excluding hydrogens is 343 g/mol. The Morgan fingerprint density at radius 3 is 2.08 bits per heavy atom. The minimum Gasteiger partial charge on any atom is -0.227 e. The number of hydrogen-bond acceptors (Lipinski definition) is 3. The second kappa shape index (κ2) is 7.42. The summed E-state index contributed by atoms with van der Waals surface area (Å²) in [5.74, 6) is -0.292. The largest absolute Gasteiger partial charge is 0.227 e. The van der Waals surface area contributed by atoms with E-state index in [1.54, 1.807) is 18.2 Å². The van der Waals surface area contributed by atoms with E-state index in [-0.39, 0.29) is 5.82 Å². The van der Waals surface area contributed by atoms with Gasteiger partial charge in [0.1, 0.15) is 5.82 Å². The summed E-state index contributed by atoms with van der Waals surface area (Å²) in [4.78, 5) is 10.2. The second-order valence-corrected chi connectivity index (χ2v) is 6.66. The van der Waals surface area contributed by atoms with Crippen molar-refractivity contribution in [2.45, 2.75) is 0 Å². The average Bonchev–Trinajstić information content (AvgIpc) is 3.13. The molecule has 0 unspecified atom stereocenters. The average molecular weight is 358 g/mol. The van der Waals surface area contributed by atoms with Crippen LogP contribution in [0.2, 0.25) is 0 Å². The maximum absolute atomic E-state index is 13.8. The Bertz CT molecular complexity index is 983. The van der Waals surface area contributed by atoms with Gasteiger partial charge in [-0.3, -0.25) is 0 Å². The van der Waals surface area contributed by atoms with Crippen LogP contribution < -0.4 is 0 Å². The summed E-state index contributed by atoms with van der Waals surface area (Å²) in [6.45, 7) is 0. The Labute approximate surface area is 155 Å². The van der Waals surface area contributed by atoms with Crippen LogP contribution in [-0.2, 0) is 0 Å². The van der Waals surface area contributed by atoms with Crippen molar-refractivity contribution in [2.24, 2.45) is 4.99 Å². The van der Waals surface area contributed by atoms with Crippen molar-refractivity contribution in [3.05, 3.63) is 96.3 Å². The zero-order valence-electron chi connectivity index (χ0n) is 13.8. The quantitative estimate of drug-likeness (QED) is 0.389. The highest BCUT2D eigenvalue weighted by Gasteiger charge is 2.14. The molecule has 26 heavy (non-hydrogen) atoms. The van der Waals surface area contributed by atoms with E-state index in [0.717, 1.165) is 21.7 Å². The summed E-state index contributed by atoms with van der Waals surface area (Å²) in [6.07, 6.45) is 1.53. The molecule has 4 heteroatoms. The molecule has 0 aliphatic heterocycles. The van der Waals surface area contributed by atoms with E-state index >= 15 is 0 Å². The maximum atomic E-state index is 13.8. The van der Waals surface area contributed by atoms with Crippen molar-refractivity contribution in [1.29, 1.82) is 0 Å². The molecule has 0 fully saturated rings. The molecule has 3 aromatic carbocycles. The number of aliphatic imine (C=N–C) groups is 1. The summed E-state index contributed by atoms with van der Waals surface area (Å²) in [5.41, 5.74) is 3.47. The topological polar surface area (TPSA) is 25.2 Å². The number of rotatable bonds is 4. The van der Waals surface area contributed by atoms with Crippen LogP contribution in [0, 0.1) is 5.82 Å². The van der Waals surface area contributed by atoms with Crippen LogP contribution in [-0.4, -0.2) is 11.2 Å². The summed E-state index contributed by atoms with van der Waals surface area (Å²) in [6, 6.07) is 26.7. The molecule has 0 aliphatic carbocycles. The van der Waals surface area contributed by atoms with Crippen LogP contribution in [0.5, 0.6) is 0 Å². The van der Waals surface area contributed by atoms with Gasteiger partial charge in [0, 0.05) is 17.3 Å². The van der Waals surface area contributed by atoms with E-state index in [2.05, 4.69) is 17.1 Å². The Balaban J connectivity index is 1.78. The molecule has 0 saturated carbocycles. The maximum Gasteiger partial charge on any atom is 0.210 e. The molecule has 0 N–H and O–H groups in total. The molecule has 1 aromatic heterocycles. The third kappa shape index (κ3) is 3.46. The zero-order valence-corrected chi connectivity index (χ0v) is 14.7. The number of halogens is 1. The van der Waals surface area contributed by atoms with Crippen molar-refractivity contribution < 1.29 is 4.39 Å². The van der Waals surface area contributed by atoms with Gasteiger partial charge in [-0.1, -0.05) is 90.2 Å². The summed E-state index contributed by atoms with van der Waals surface area (Å²) in [5, 5.41) is 0.603. The smallest absolute Gasteiger partial charge is 0.210 e. The molecule has 0 spiro atoms. The number of nitrogens with zero attached hydrogens (tertiary/aromatic N) is 2. The fourth-order valence-electron chi connectivity index (χ4n) is 2.65. The van der Waals surface area contributed by atoms with Gasteiger partial charge in [-0.2, -0.15) is 0 Å². The van der Waals surface area contributed by atoms with Crippen LogP contribution in [0.4, 0.5) is 9.52 Å². The van der Waals surface area contributed by atoms with E-state index in [0.29, 0.717) is 10.7 Å². The first-order valence-corrected chi connectivity index (χ1v) is 9.03. The van der Waals surface area contributed by atoms with Crippen molar-refractivity contribution in [2.75, 3.05) is 0 Å². The fourth-order valence-corrected chi connectivity index (χ4v) is 3.58. The molecule has 0 aliphatic rings. The van der Waals surface area contributed by atoms with E-state index in [1.807, 2.05) is 48.5 Å². The Kier molecular flexibility index (Phi) is 4.67.